The third-order valence-electron chi connectivity index (χ3n) is 14.7. The van der Waals surface area contributed by atoms with E-state index >= 15 is 4.39 Å². The van der Waals surface area contributed by atoms with Gasteiger partial charge in [0, 0.05) is 109 Å². The highest BCUT2D eigenvalue weighted by Gasteiger charge is 2.37. The first-order chi connectivity index (χ1) is 34.8. The number of anilines is 4. The second kappa shape index (κ2) is 18.9. The van der Waals surface area contributed by atoms with E-state index in [-0.39, 0.29) is 43.3 Å². The first-order valence-electron chi connectivity index (χ1n) is 24.8. The molecule has 0 atom stereocenters. The molecule has 0 radical (unpaired) electrons. The third-order valence-corrected chi connectivity index (χ3v) is 14.7. The summed E-state index contributed by atoms with van der Waals surface area (Å²) in [5, 5.41) is 17.3. The molecule has 5 aromatic heterocycles. The predicted octanol–water partition coefficient (Wildman–Crippen LogP) is 4.08. The van der Waals surface area contributed by atoms with Crippen molar-refractivity contribution in [1.82, 2.24) is 64.7 Å². The van der Waals surface area contributed by atoms with E-state index in [1.807, 2.05) is 25.7 Å². The van der Waals surface area contributed by atoms with Crippen LogP contribution in [0.4, 0.5) is 37.0 Å². The van der Waals surface area contributed by atoms with Gasteiger partial charge in [-0.25, -0.2) is 38.6 Å². The Morgan fingerprint density at radius 1 is 0.889 bits per heavy atom. The SMILES string of the molecule is Cc1nc(-c2c(-c3nn(C(C)C)c4ncnc(N)c34)noc2C2CC2)ncc1N1CCN(C(=O)OCC(=O)N2CCC(CN3CCN(c4ccc5c(N6CCC(=O)NC6=O)nn(C)c5c4F)CC3)CC2)CC1. The largest absolute Gasteiger partial charge is 0.439 e. The molecular weight excluding hydrogens is 930 g/mol. The van der Waals surface area contributed by atoms with Gasteiger partial charge in [0.25, 0.3) is 5.91 Å². The van der Waals surface area contributed by atoms with Gasteiger partial charge in [-0.2, -0.15) is 10.2 Å². The minimum Gasteiger partial charge on any atom is -0.439 e. The van der Waals surface area contributed by atoms with Crippen molar-refractivity contribution in [2.45, 2.75) is 64.8 Å². The lowest BCUT2D eigenvalue weighted by molar-refractivity contribution is -0.136. The number of nitrogen functional groups attached to an aromatic ring is 1. The molecule has 0 spiro atoms. The molecule has 72 heavy (non-hydrogen) atoms. The molecule has 5 aliphatic rings. The van der Waals surface area contributed by atoms with Gasteiger partial charge in [0.2, 0.25) is 5.91 Å². The monoisotopic (exact) mass is 987 g/mol. The van der Waals surface area contributed by atoms with Gasteiger partial charge in [-0.05, 0) is 64.5 Å². The number of ether oxygens (including phenoxy) is 1. The van der Waals surface area contributed by atoms with Crippen LogP contribution in [0.25, 0.3) is 44.7 Å². The van der Waals surface area contributed by atoms with Crippen molar-refractivity contribution < 1.29 is 32.8 Å². The molecule has 11 rings (SSSR count). The molecule has 378 valence electrons. The molecule has 1 saturated carbocycles. The number of aryl methyl sites for hydroxylation is 2. The summed E-state index contributed by atoms with van der Waals surface area (Å²) in [7, 11) is 1.65. The molecule has 9 heterocycles. The van der Waals surface area contributed by atoms with Crippen LogP contribution in [0.15, 0.2) is 29.2 Å². The average Bonchev–Trinajstić information content (AvgIpc) is 3.85. The number of likely N-dealkylation sites (tertiary alicyclic amines) is 1. The van der Waals surface area contributed by atoms with Gasteiger partial charge in [-0.1, -0.05) is 5.16 Å². The lowest BCUT2D eigenvalue weighted by Crippen LogP contribution is -2.50. The highest BCUT2D eigenvalue weighted by Crippen LogP contribution is 2.48. The van der Waals surface area contributed by atoms with E-state index in [2.05, 4.69) is 35.3 Å². The molecule has 6 aromatic rings. The smallest absolute Gasteiger partial charge is 0.410 e. The Balaban J connectivity index is 0.638. The zero-order valence-electron chi connectivity index (χ0n) is 40.9. The van der Waals surface area contributed by atoms with Crippen molar-refractivity contribution >= 4 is 68.9 Å². The quantitative estimate of drug-likeness (QED) is 0.186. The van der Waals surface area contributed by atoms with Crippen molar-refractivity contribution in [3.05, 3.63) is 41.9 Å². The van der Waals surface area contributed by atoms with Crippen molar-refractivity contribution in [3.63, 3.8) is 0 Å². The Morgan fingerprint density at radius 2 is 1.62 bits per heavy atom. The number of imide groups is 1. The average molecular weight is 988 g/mol. The summed E-state index contributed by atoms with van der Waals surface area (Å²) in [5.74, 6) is 1.50. The molecule has 23 nitrogen and oxygen atoms in total. The molecule has 3 N–H and O–H groups in total. The number of hydrogen-bond acceptors (Lipinski definition) is 17. The Labute approximate surface area is 413 Å². The Hall–Kier alpha value is -7.50. The van der Waals surface area contributed by atoms with Crippen LogP contribution in [0.1, 0.15) is 69.4 Å². The second-order valence-corrected chi connectivity index (χ2v) is 19.7. The molecule has 0 unspecified atom stereocenters. The van der Waals surface area contributed by atoms with E-state index in [9.17, 15) is 19.2 Å². The highest BCUT2D eigenvalue weighted by atomic mass is 19.1. The van der Waals surface area contributed by atoms with Crippen molar-refractivity contribution in [2.24, 2.45) is 13.0 Å². The summed E-state index contributed by atoms with van der Waals surface area (Å²) in [5.41, 5.74) is 11.1. The van der Waals surface area contributed by atoms with Crippen LogP contribution in [-0.4, -0.2) is 168 Å². The van der Waals surface area contributed by atoms with E-state index < -0.39 is 17.9 Å². The molecule has 4 saturated heterocycles. The molecule has 0 bridgehead atoms. The Morgan fingerprint density at radius 3 is 2.33 bits per heavy atom. The number of piperidine rings is 1. The summed E-state index contributed by atoms with van der Waals surface area (Å²) in [6.45, 7) is 12.6. The molecule has 24 heteroatoms. The number of rotatable bonds is 11. The van der Waals surface area contributed by atoms with Gasteiger partial charge < -0.3 is 34.6 Å². The first-order valence-corrected chi connectivity index (χ1v) is 24.8. The zero-order valence-corrected chi connectivity index (χ0v) is 40.9. The summed E-state index contributed by atoms with van der Waals surface area (Å²) < 4.78 is 30.9. The summed E-state index contributed by atoms with van der Waals surface area (Å²) in [6, 6.07) is 2.98. The van der Waals surface area contributed by atoms with Crippen molar-refractivity contribution in [2.75, 3.05) is 106 Å². The third kappa shape index (κ3) is 8.74. The van der Waals surface area contributed by atoms with E-state index in [1.165, 1.54) is 15.9 Å². The number of piperazine rings is 2. The van der Waals surface area contributed by atoms with Gasteiger partial charge in [0.05, 0.1) is 34.2 Å². The molecular formula is C48H58FN17O6. The van der Waals surface area contributed by atoms with E-state index in [1.54, 1.807) is 39.9 Å². The Bertz CT molecular complexity index is 3090. The highest BCUT2D eigenvalue weighted by molar-refractivity contribution is 6.09. The maximum absolute atomic E-state index is 16.1. The molecule has 1 aliphatic carbocycles. The normalized spacial score (nSPS) is 18.6. The second-order valence-electron chi connectivity index (χ2n) is 19.7. The van der Waals surface area contributed by atoms with E-state index in [0.717, 1.165) is 62.5 Å². The van der Waals surface area contributed by atoms with Crippen molar-refractivity contribution in [1.29, 1.82) is 0 Å². The predicted molar refractivity (Wildman–Crippen MR) is 263 cm³/mol. The minimum atomic E-state index is -0.563. The van der Waals surface area contributed by atoms with Crippen LogP contribution in [0.3, 0.4) is 0 Å². The number of fused-ring (bicyclic) bond motifs is 2. The molecule has 4 aliphatic heterocycles. The number of urea groups is 1. The van der Waals surface area contributed by atoms with Gasteiger partial charge in [-0.3, -0.25) is 29.4 Å². The summed E-state index contributed by atoms with van der Waals surface area (Å²) in [4.78, 5) is 80.6. The van der Waals surface area contributed by atoms with Crippen LogP contribution < -0.4 is 25.8 Å². The number of nitrogens with two attached hydrogens (primary N) is 1. The number of amides is 5. The van der Waals surface area contributed by atoms with Crippen LogP contribution in [-0.2, 0) is 21.4 Å². The number of nitrogens with one attached hydrogen (secondary N) is 1. The fraction of sp³-hybridized carbons (Fsp3) is 0.521. The lowest BCUT2D eigenvalue weighted by Gasteiger charge is -2.39. The number of benzene rings is 1. The lowest BCUT2D eigenvalue weighted by atomic mass is 9.96. The maximum Gasteiger partial charge on any atom is 0.410 e. The number of hydrogen-bond donors (Lipinski definition) is 2. The summed E-state index contributed by atoms with van der Waals surface area (Å²) in [6.07, 6.45) is 6.52. The number of halogens is 1. The number of carbonyl (C=O) groups excluding carboxylic acids is 4. The van der Waals surface area contributed by atoms with Crippen LogP contribution in [0.2, 0.25) is 0 Å². The molecule has 1 aromatic carbocycles. The van der Waals surface area contributed by atoms with Gasteiger partial charge in [-0.15, -0.1) is 0 Å². The molecule has 5 amide bonds. The topological polar surface area (TPSA) is 248 Å². The summed E-state index contributed by atoms with van der Waals surface area (Å²) >= 11 is 0. The van der Waals surface area contributed by atoms with E-state index in [0.29, 0.717) is 120 Å². The van der Waals surface area contributed by atoms with E-state index in [4.69, 9.17) is 30.1 Å². The van der Waals surface area contributed by atoms with Gasteiger partial charge >= 0.3 is 12.1 Å². The zero-order chi connectivity index (χ0) is 49.9. The Kier molecular flexibility index (Phi) is 12.3. The number of carbonyl (C=O) groups is 4. The fourth-order valence-electron chi connectivity index (χ4n) is 10.6. The first kappa shape index (κ1) is 46.9. The maximum atomic E-state index is 16.1. The fourth-order valence-corrected chi connectivity index (χ4v) is 10.6. The minimum absolute atomic E-state index is 0.00529. The number of nitrogens with zero attached hydrogens (tertiary/aromatic N) is 15. The van der Waals surface area contributed by atoms with Crippen LogP contribution in [0, 0.1) is 18.7 Å². The van der Waals surface area contributed by atoms with Crippen LogP contribution >= 0.6 is 0 Å². The molecule has 5 fully saturated rings. The van der Waals surface area contributed by atoms with Gasteiger partial charge in [0.1, 0.15) is 29.0 Å². The van der Waals surface area contributed by atoms with Crippen LogP contribution in [0.5, 0.6) is 0 Å². The standard InChI is InChI=1S/C48H58FN17O6/c1-27(2)66-46-37(43(50)52-26-53-46)39(56-66)40-36(42(72-58-40)30-5-6-30)44-51-23-33(28(3)54-44)62-19-21-64(22-20-62)48(70)71-25-35(68)63-12-9-29(10-13-63)24-60-15-17-61(18-16-60)32-8-7-31-41(38(32)49)59(4)57-45(31)65-14-11-34(67)55-47(65)69/h7-8,23,26-27,29-30H,5-6,9-22,24-25H2,1-4H3,(H2,50,52,53)(H,55,67,69). The van der Waals surface area contributed by atoms with Gasteiger partial charge in [0.15, 0.2) is 35.5 Å². The number of aromatic nitrogens is 9. The van der Waals surface area contributed by atoms with Crippen molar-refractivity contribution in [3.8, 4) is 22.8 Å².